The number of hydrogen-bond acceptors (Lipinski definition) is 4. The number of hydrogen-bond donors (Lipinski definition) is 1. The van der Waals surface area contributed by atoms with Gasteiger partial charge in [0.25, 0.3) is 0 Å². The van der Waals surface area contributed by atoms with Crippen LogP contribution < -0.4 is 5.73 Å². The third-order valence-electron chi connectivity index (χ3n) is 5.54. The molecule has 4 nitrogen and oxygen atoms in total. The number of nitrogens with two attached hydrogens (primary N) is 1. The predicted octanol–water partition coefficient (Wildman–Crippen LogP) is 1.91. The molecule has 0 aromatic heterocycles. The molecule has 1 saturated carbocycles. The van der Waals surface area contributed by atoms with E-state index in [9.17, 15) is 4.79 Å². The molecule has 2 aliphatic heterocycles. The van der Waals surface area contributed by atoms with E-state index < -0.39 is 0 Å². The molecular weight excluding hydrogens is 254 g/mol. The second kappa shape index (κ2) is 6.12. The van der Waals surface area contributed by atoms with Crippen LogP contribution in [0.2, 0.25) is 0 Å². The van der Waals surface area contributed by atoms with Gasteiger partial charge in [-0.2, -0.15) is 0 Å². The first kappa shape index (κ1) is 14.5. The zero-order chi connectivity index (χ0) is 14.0. The van der Waals surface area contributed by atoms with Gasteiger partial charge in [-0.3, -0.25) is 4.79 Å². The van der Waals surface area contributed by atoms with Crippen LogP contribution in [-0.2, 0) is 14.3 Å². The van der Waals surface area contributed by atoms with E-state index in [4.69, 9.17) is 15.2 Å². The van der Waals surface area contributed by atoms with Crippen LogP contribution in [0.3, 0.4) is 0 Å². The summed E-state index contributed by atoms with van der Waals surface area (Å²) in [5, 5.41) is 0. The molecule has 3 aliphatic rings. The Morgan fingerprint density at radius 2 is 1.90 bits per heavy atom. The molecule has 0 aromatic rings. The van der Waals surface area contributed by atoms with Crippen molar-refractivity contribution in [3.63, 3.8) is 0 Å². The number of ether oxygens (including phenoxy) is 2. The fourth-order valence-electron chi connectivity index (χ4n) is 4.15. The monoisotopic (exact) mass is 281 g/mol. The van der Waals surface area contributed by atoms with E-state index >= 15 is 0 Å². The van der Waals surface area contributed by atoms with Crippen molar-refractivity contribution in [2.24, 2.45) is 23.5 Å². The number of ketones is 1. The van der Waals surface area contributed by atoms with Gasteiger partial charge in [-0.25, -0.2) is 0 Å². The summed E-state index contributed by atoms with van der Waals surface area (Å²) in [4.78, 5) is 12.8. The molecule has 20 heavy (non-hydrogen) atoms. The first-order valence-electron chi connectivity index (χ1n) is 8.18. The number of carbonyl (C=O) groups is 1. The summed E-state index contributed by atoms with van der Waals surface area (Å²) in [5.41, 5.74) is 5.59. The highest BCUT2D eigenvalue weighted by atomic mass is 16.6. The van der Waals surface area contributed by atoms with Crippen LogP contribution >= 0.6 is 0 Å². The predicted molar refractivity (Wildman–Crippen MR) is 76.4 cm³/mol. The molecule has 2 heterocycles. The minimum Gasteiger partial charge on any atom is -0.378 e. The van der Waals surface area contributed by atoms with Gasteiger partial charge in [-0.15, -0.1) is 0 Å². The van der Waals surface area contributed by atoms with Crippen LogP contribution in [0.25, 0.3) is 0 Å². The minimum atomic E-state index is -0.146. The summed E-state index contributed by atoms with van der Waals surface area (Å²) in [7, 11) is 0. The molecule has 3 fully saturated rings. The lowest BCUT2D eigenvalue weighted by molar-refractivity contribution is -0.141. The Morgan fingerprint density at radius 3 is 2.55 bits per heavy atom. The zero-order valence-electron chi connectivity index (χ0n) is 12.3. The van der Waals surface area contributed by atoms with Gasteiger partial charge in [0, 0.05) is 31.5 Å². The van der Waals surface area contributed by atoms with E-state index in [1.807, 2.05) is 0 Å². The van der Waals surface area contributed by atoms with Gasteiger partial charge in [0.15, 0.2) is 0 Å². The lowest BCUT2D eigenvalue weighted by Gasteiger charge is -2.38. The van der Waals surface area contributed by atoms with Gasteiger partial charge in [-0.1, -0.05) is 0 Å². The van der Waals surface area contributed by atoms with Crippen molar-refractivity contribution in [1.29, 1.82) is 0 Å². The van der Waals surface area contributed by atoms with Gasteiger partial charge in [0.2, 0.25) is 0 Å². The Balaban J connectivity index is 1.57. The van der Waals surface area contributed by atoms with E-state index in [-0.39, 0.29) is 17.4 Å². The molecule has 3 rings (SSSR count). The van der Waals surface area contributed by atoms with E-state index in [2.05, 4.69) is 0 Å². The molecule has 4 heteroatoms. The Bertz CT molecular complexity index is 344. The Labute approximate surface area is 121 Å². The van der Waals surface area contributed by atoms with Crippen LogP contribution in [-0.4, -0.2) is 37.7 Å². The zero-order valence-corrected chi connectivity index (χ0v) is 12.3. The molecular formula is C16H27NO3. The first-order valence-corrected chi connectivity index (χ1v) is 8.18. The van der Waals surface area contributed by atoms with E-state index in [0.29, 0.717) is 18.3 Å². The number of carbonyl (C=O) groups excluding carboxylic acids is 1. The van der Waals surface area contributed by atoms with Crippen LogP contribution in [0.4, 0.5) is 0 Å². The van der Waals surface area contributed by atoms with Crippen molar-refractivity contribution in [3.05, 3.63) is 0 Å². The maximum Gasteiger partial charge on any atom is 0.139 e. The highest BCUT2D eigenvalue weighted by molar-refractivity contribution is 5.83. The fraction of sp³-hybridized carbons (Fsp3) is 0.938. The minimum absolute atomic E-state index is 0.146. The van der Waals surface area contributed by atoms with Gasteiger partial charge in [-0.05, 0) is 51.0 Å². The molecule has 1 spiro atoms. The van der Waals surface area contributed by atoms with Crippen molar-refractivity contribution >= 4 is 5.78 Å². The van der Waals surface area contributed by atoms with E-state index in [0.717, 1.165) is 64.7 Å². The third-order valence-corrected chi connectivity index (χ3v) is 5.54. The summed E-state index contributed by atoms with van der Waals surface area (Å²) in [6.07, 6.45) is 7.08. The van der Waals surface area contributed by atoms with Crippen molar-refractivity contribution < 1.29 is 14.3 Å². The quantitative estimate of drug-likeness (QED) is 0.858. The molecule has 2 N–H and O–H groups in total. The molecule has 0 amide bonds. The van der Waals surface area contributed by atoms with Crippen molar-refractivity contribution in [1.82, 2.24) is 0 Å². The largest absolute Gasteiger partial charge is 0.378 e. The maximum atomic E-state index is 12.8. The SMILES string of the molecule is NCC1CCC(C(=O)C2CCOC3(CCOC3)C2)CC1. The van der Waals surface area contributed by atoms with Gasteiger partial charge < -0.3 is 15.2 Å². The van der Waals surface area contributed by atoms with Crippen molar-refractivity contribution in [2.45, 2.75) is 50.5 Å². The molecule has 1 aliphatic carbocycles. The highest BCUT2D eigenvalue weighted by Gasteiger charge is 2.44. The summed E-state index contributed by atoms with van der Waals surface area (Å²) in [5.74, 6) is 1.61. The average molecular weight is 281 g/mol. The average Bonchev–Trinajstić information content (AvgIpc) is 2.94. The first-order chi connectivity index (χ1) is 9.72. The highest BCUT2D eigenvalue weighted by Crippen LogP contribution is 2.39. The molecule has 0 aromatic carbocycles. The van der Waals surface area contributed by atoms with Crippen LogP contribution in [0.15, 0.2) is 0 Å². The number of rotatable bonds is 3. The van der Waals surface area contributed by atoms with E-state index in [1.54, 1.807) is 0 Å². The van der Waals surface area contributed by atoms with Gasteiger partial charge in [0.05, 0.1) is 12.2 Å². The topological polar surface area (TPSA) is 61.6 Å². The van der Waals surface area contributed by atoms with Crippen LogP contribution in [0, 0.1) is 17.8 Å². The van der Waals surface area contributed by atoms with Crippen LogP contribution in [0.5, 0.6) is 0 Å². The summed E-state index contributed by atoms with van der Waals surface area (Å²) in [6.45, 7) is 2.95. The fourth-order valence-corrected chi connectivity index (χ4v) is 4.15. The van der Waals surface area contributed by atoms with Crippen LogP contribution in [0.1, 0.15) is 44.9 Å². The summed E-state index contributed by atoms with van der Waals surface area (Å²) >= 11 is 0. The van der Waals surface area contributed by atoms with Crippen molar-refractivity contribution in [3.8, 4) is 0 Å². The smallest absolute Gasteiger partial charge is 0.139 e. The van der Waals surface area contributed by atoms with E-state index in [1.165, 1.54) is 0 Å². The molecule has 2 saturated heterocycles. The Hall–Kier alpha value is -0.450. The summed E-state index contributed by atoms with van der Waals surface area (Å²) < 4.78 is 11.4. The number of Topliss-reactive ketones (excluding diaryl/α,β-unsaturated/α-hetero) is 1. The second-order valence-corrected chi connectivity index (χ2v) is 6.88. The summed E-state index contributed by atoms with van der Waals surface area (Å²) in [6, 6.07) is 0. The Kier molecular flexibility index (Phi) is 4.43. The maximum absolute atomic E-state index is 12.8. The third kappa shape index (κ3) is 2.92. The lowest BCUT2D eigenvalue weighted by atomic mass is 9.73. The van der Waals surface area contributed by atoms with Gasteiger partial charge in [0.1, 0.15) is 5.78 Å². The van der Waals surface area contributed by atoms with Crippen molar-refractivity contribution in [2.75, 3.05) is 26.4 Å². The molecule has 2 unspecified atom stereocenters. The molecule has 2 atom stereocenters. The van der Waals surface area contributed by atoms with Gasteiger partial charge >= 0.3 is 0 Å². The Morgan fingerprint density at radius 1 is 1.10 bits per heavy atom. The lowest BCUT2D eigenvalue weighted by Crippen LogP contribution is -2.44. The molecule has 114 valence electrons. The molecule has 0 radical (unpaired) electrons. The molecule has 0 bridgehead atoms. The second-order valence-electron chi connectivity index (χ2n) is 6.88. The normalized spacial score (nSPS) is 42.0. The standard InChI is InChI=1S/C16H27NO3/c17-10-12-1-3-13(4-2-12)15(18)14-5-7-20-16(9-14)6-8-19-11-16/h12-14H,1-11,17H2.